The van der Waals surface area contributed by atoms with Crippen molar-refractivity contribution in [1.29, 1.82) is 0 Å². The van der Waals surface area contributed by atoms with Crippen LogP contribution in [0.4, 0.5) is 10.5 Å². The van der Waals surface area contributed by atoms with Gasteiger partial charge in [-0.1, -0.05) is 6.92 Å². The van der Waals surface area contributed by atoms with Crippen LogP contribution in [0.5, 0.6) is 0 Å². The number of likely N-dealkylation sites (tertiary alicyclic amines) is 1. The Labute approximate surface area is 119 Å². The molecule has 2 N–H and O–H groups in total. The van der Waals surface area contributed by atoms with E-state index in [9.17, 15) is 9.90 Å². The van der Waals surface area contributed by atoms with Gasteiger partial charge in [0.15, 0.2) is 0 Å². The number of rotatable bonds is 3. The minimum absolute atomic E-state index is 0.150. The third kappa shape index (κ3) is 3.66. The van der Waals surface area contributed by atoms with Crippen molar-refractivity contribution in [1.82, 2.24) is 14.9 Å². The number of hydrogen-bond donors (Lipinski definition) is 2. The lowest BCUT2D eigenvalue weighted by atomic mass is 9.94. The van der Waals surface area contributed by atoms with E-state index < -0.39 is 0 Å². The molecule has 2 atom stereocenters. The maximum absolute atomic E-state index is 12.2. The van der Waals surface area contributed by atoms with Gasteiger partial charge in [0.1, 0.15) is 5.82 Å². The number of nitrogens with zero attached hydrogens (tertiary/aromatic N) is 3. The summed E-state index contributed by atoms with van der Waals surface area (Å²) < 4.78 is 0. The molecule has 20 heavy (non-hydrogen) atoms. The molecule has 2 rings (SSSR count). The largest absolute Gasteiger partial charge is 0.393 e. The van der Waals surface area contributed by atoms with Gasteiger partial charge >= 0.3 is 6.03 Å². The first kappa shape index (κ1) is 14.7. The number of amides is 2. The first-order valence-corrected chi connectivity index (χ1v) is 7.15. The molecular formula is C14H22N4O2. The molecule has 6 nitrogen and oxygen atoms in total. The molecular weight excluding hydrogens is 256 g/mol. The Morgan fingerprint density at radius 3 is 2.85 bits per heavy atom. The molecule has 0 radical (unpaired) electrons. The molecule has 0 bridgehead atoms. The Bertz CT molecular complexity index is 447. The Morgan fingerprint density at radius 1 is 1.55 bits per heavy atom. The molecule has 1 aromatic rings. The number of hydrogen-bond acceptors (Lipinski definition) is 4. The van der Waals surface area contributed by atoms with Crippen LogP contribution in [0, 0.1) is 5.92 Å². The fraction of sp³-hybridized carbons (Fsp3) is 0.643. The molecule has 110 valence electrons. The molecule has 1 aliphatic heterocycles. The van der Waals surface area contributed by atoms with Gasteiger partial charge in [-0.2, -0.15) is 0 Å². The van der Waals surface area contributed by atoms with Crippen LogP contribution in [0.2, 0.25) is 0 Å². The van der Waals surface area contributed by atoms with E-state index in [4.69, 9.17) is 0 Å². The first-order chi connectivity index (χ1) is 9.60. The average molecular weight is 278 g/mol. The normalized spacial score (nSPS) is 20.6. The molecule has 1 saturated heterocycles. The Hall–Kier alpha value is -1.69. The SMILES string of the molecule is CCc1ncc(NC(=O)N2CCCC(C(C)O)C2)cn1. The van der Waals surface area contributed by atoms with Gasteiger partial charge < -0.3 is 15.3 Å². The van der Waals surface area contributed by atoms with Gasteiger partial charge in [-0.05, 0) is 19.8 Å². The van der Waals surface area contributed by atoms with Gasteiger partial charge in [-0.25, -0.2) is 14.8 Å². The van der Waals surface area contributed by atoms with Gasteiger partial charge in [0.2, 0.25) is 0 Å². The van der Waals surface area contributed by atoms with Crippen LogP contribution in [0.1, 0.15) is 32.5 Å². The third-order valence-electron chi connectivity index (χ3n) is 3.70. The van der Waals surface area contributed by atoms with Crippen LogP contribution in [-0.2, 0) is 6.42 Å². The van der Waals surface area contributed by atoms with Gasteiger partial charge in [-0.15, -0.1) is 0 Å². The zero-order valence-corrected chi connectivity index (χ0v) is 12.0. The van der Waals surface area contributed by atoms with Gasteiger partial charge in [0.05, 0.1) is 24.2 Å². The second kappa shape index (κ2) is 6.65. The van der Waals surface area contributed by atoms with Crippen LogP contribution in [0.25, 0.3) is 0 Å². The summed E-state index contributed by atoms with van der Waals surface area (Å²) in [5.41, 5.74) is 0.603. The van der Waals surface area contributed by atoms with Crippen LogP contribution < -0.4 is 5.32 Å². The maximum Gasteiger partial charge on any atom is 0.321 e. The third-order valence-corrected chi connectivity index (χ3v) is 3.70. The van der Waals surface area contributed by atoms with Gasteiger partial charge in [0.25, 0.3) is 0 Å². The number of aryl methyl sites for hydroxylation is 1. The highest BCUT2D eigenvalue weighted by Crippen LogP contribution is 2.20. The van der Waals surface area contributed by atoms with Crippen LogP contribution in [0.15, 0.2) is 12.4 Å². The topological polar surface area (TPSA) is 78.4 Å². The minimum atomic E-state index is -0.377. The molecule has 6 heteroatoms. The number of piperidine rings is 1. The predicted molar refractivity (Wildman–Crippen MR) is 76.4 cm³/mol. The number of carbonyl (C=O) groups excluding carboxylic acids is 1. The Morgan fingerprint density at radius 2 is 2.25 bits per heavy atom. The summed E-state index contributed by atoms with van der Waals surface area (Å²) in [6.45, 7) is 5.08. The summed E-state index contributed by atoms with van der Waals surface area (Å²) in [5, 5.41) is 12.4. The molecule has 0 aliphatic carbocycles. The van der Waals surface area contributed by atoms with Crippen molar-refractivity contribution < 1.29 is 9.90 Å². The highest BCUT2D eigenvalue weighted by atomic mass is 16.3. The predicted octanol–water partition coefficient (Wildman–Crippen LogP) is 1.66. The van der Waals surface area contributed by atoms with Crippen molar-refractivity contribution in [3.63, 3.8) is 0 Å². The molecule has 0 saturated carbocycles. The summed E-state index contributed by atoms with van der Waals surface area (Å²) in [7, 11) is 0. The van der Waals surface area contributed by atoms with E-state index in [-0.39, 0.29) is 18.1 Å². The molecule has 1 aromatic heterocycles. The molecule has 1 fully saturated rings. The zero-order chi connectivity index (χ0) is 14.5. The summed E-state index contributed by atoms with van der Waals surface area (Å²) in [5.74, 6) is 0.920. The van der Waals surface area contributed by atoms with E-state index in [0.29, 0.717) is 12.2 Å². The maximum atomic E-state index is 12.2. The quantitative estimate of drug-likeness (QED) is 0.881. The van der Waals surface area contributed by atoms with Crippen molar-refractivity contribution in [2.24, 2.45) is 5.92 Å². The van der Waals surface area contributed by atoms with Crippen molar-refractivity contribution >= 4 is 11.7 Å². The lowest BCUT2D eigenvalue weighted by Crippen LogP contribution is -2.44. The van der Waals surface area contributed by atoms with E-state index in [1.165, 1.54) is 0 Å². The number of aliphatic hydroxyl groups excluding tert-OH is 1. The molecule has 0 spiro atoms. The molecule has 1 aliphatic rings. The number of carbonyl (C=O) groups is 1. The lowest BCUT2D eigenvalue weighted by molar-refractivity contribution is 0.0766. The van der Waals surface area contributed by atoms with Crippen LogP contribution in [-0.4, -0.2) is 45.2 Å². The first-order valence-electron chi connectivity index (χ1n) is 7.15. The summed E-state index contributed by atoms with van der Waals surface area (Å²) in [6, 6.07) is -0.150. The zero-order valence-electron chi connectivity index (χ0n) is 12.0. The monoisotopic (exact) mass is 278 g/mol. The number of anilines is 1. The summed E-state index contributed by atoms with van der Waals surface area (Å²) >= 11 is 0. The Kier molecular flexibility index (Phi) is 4.89. The van der Waals surface area contributed by atoms with Crippen LogP contribution in [0.3, 0.4) is 0 Å². The highest BCUT2D eigenvalue weighted by Gasteiger charge is 2.26. The minimum Gasteiger partial charge on any atom is -0.393 e. The average Bonchev–Trinajstić information content (AvgIpc) is 2.48. The van der Waals surface area contributed by atoms with Crippen molar-refractivity contribution in [2.75, 3.05) is 18.4 Å². The standard InChI is InChI=1S/C14H22N4O2/c1-3-13-15-7-12(8-16-13)17-14(20)18-6-4-5-11(9-18)10(2)19/h7-8,10-11,19H,3-6,9H2,1-2H3,(H,17,20). The number of nitrogens with one attached hydrogen (secondary N) is 1. The van der Waals surface area contributed by atoms with Gasteiger partial charge in [-0.3, -0.25) is 0 Å². The molecule has 2 unspecified atom stereocenters. The summed E-state index contributed by atoms with van der Waals surface area (Å²) in [6.07, 6.45) is 5.54. The van der Waals surface area contributed by atoms with E-state index in [1.807, 2.05) is 6.92 Å². The van der Waals surface area contributed by atoms with E-state index in [1.54, 1.807) is 24.2 Å². The second-order valence-electron chi connectivity index (χ2n) is 5.26. The van der Waals surface area contributed by atoms with E-state index >= 15 is 0 Å². The highest BCUT2D eigenvalue weighted by molar-refractivity contribution is 5.89. The van der Waals surface area contributed by atoms with E-state index in [2.05, 4.69) is 15.3 Å². The summed E-state index contributed by atoms with van der Waals surface area (Å²) in [4.78, 5) is 22.2. The fourth-order valence-corrected chi connectivity index (χ4v) is 2.39. The number of aromatic nitrogens is 2. The number of urea groups is 1. The lowest BCUT2D eigenvalue weighted by Gasteiger charge is -2.34. The molecule has 0 aromatic carbocycles. The molecule has 2 heterocycles. The van der Waals surface area contributed by atoms with Crippen molar-refractivity contribution in [3.05, 3.63) is 18.2 Å². The van der Waals surface area contributed by atoms with Crippen molar-refractivity contribution in [2.45, 2.75) is 39.2 Å². The van der Waals surface area contributed by atoms with Crippen LogP contribution >= 0.6 is 0 Å². The molecule has 2 amide bonds. The number of aliphatic hydroxyl groups is 1. The second-order valence-corrected chi connectivity index (χ2v) is 5.26. The fourth-order valence-electron chi connectivity index (χ4n) is 2.39. The van der Waals surface area contributed by atoms with Crippen molar-refractivity contribution in [3.8, 4) is 0 Å². The Balaban J connectivity index is 1.93. The smallest absolute Gasteiger partial charge is 0.321 e. The van der Waals surface area contributed by atoms with Gasteiger partial charge in [0, 0.05) is 25.4 Å². The van der Waals surface area contributed by atoms with E-state index in [0.717, 1.165) is 31.6 Å².